The topological polar surface area (TPSA) is 72.2 Å². The van der Waals surface area contributed by atoms with E-state index in [0.717, 1.165) is 11.1 Å². The van der Waals surface area contributed by atoms with E-state index in [0.29, 0.717) is 5.56 Å². The fourth-order valence-electron chi connectivity index (χ4n) is 1.78. The molecule has 0 spiro atoms. The Morgan fingerprint density at radius 3 is 2.19 bits per heavy atom. The molecule has 0 aliphatic carbocycles. The number of carbonyl (C=O) groups is 2. The van der Waals surface area contributed by atoms with Crippen molar-refractivity contribution in [2.45, 2.75) is 6.92 Å². The summed E-state index contributed by atoms with van der Waals surface area (Å²) in [7, 11) is 0. The molecule has 3 N–H and O–H groups in total. The van der Waals surface area contributed by atoms with Crippen molar-refractivity contribution in [1.82, 2.24) is 5.32 Å². The minimum absolute atomic E-state index is 0.0618. The molecule has 2 amide bonds. The molecule has 0 unspecified atom stereocenters. The molecule has 4 nitrogen and oxygen atoms in total. The SMILES string of the molecule is Cc1ccc(C(=O)N/C(=C/c2ccccc2)C(N)=O)cc1. The van der Waals surface area contributed by atoms with Crippen molar-refractivity contribution in [2.75, 3.05) is 0 Å². The molecular formula is C17H16N2O2. The van der Waals surface area contributed by atoms with Crippen LogP contribution in [0.5, 0.6) is 0 Å². The monoisotopic (exact) mass is 280 g/mol. The van der Waals surface area contributed by atoms with Gasteiger partial charge >= 0.3 is 0 Å². The summed E-state index contributed by atoms with van der Waals surface area (Å²) in [6.45, 7) is 1.94. The van der Waals surface area contributed by atoms with Crippen LogP contribution < -0.4 is 11.1 Å². The summed E-state index contributed by atoms with van der Waals surface area (Å²) in [5, 5.41) is 2.55. The number of nitrogens with one attached hydrogen (secondary N) is 1. The average molecular weight is 280 g/mol. The Hall–Kier alpha value is -2.88. The molecule has 0 aliphatic rings. The molecule has 2 rings (SSSR count). The summed E-state index contributed by atoms with van der Waals surface area (Å²) in [4.78, 5) is 23.6. The Bertz CT molecular complexity index is 674. The third-order valence-corrected chi connectivity index (χ3v) is 2.94. The number of hydrogen-bond donors (Lipinski definition) is 2. The van der Waals surface area contributed by atoms with Crippen LogP contribution in [0, 0.1) is 6.92 Å². The van der Waals surface area contributed by atoms with Crippen molar-refractivity contribution in [3.63, 3.8) is 0 Å². The highest BCUT2D eigenvalue weighted by Gasteiger charge is 2.11. The number of amides is 2. The number of rotatable bonds is 4. The number of benzene rings is 2. The Kier molecular flexibility index (Phi) is 4.51. The van der Waals surface area contributed by atoms with E-state index in [1.54, 1.807) is 18.2 Å². The van der Waals surface area contributed by atoms with Crippen molar-refractivity contribution >= 4 is 17.9 Å². The first-order chi connectivity index (χ1) is 10.1. The molecule has 0 aromatic heterocycles. The molecule has 0 atom stereocenters. The molecule has 0 saturated heterocycles. The van der Waals surface area contributed by atoms with Gasteiger partial charge in [-0.15, -0.1) is 0 Å². The van der Waals surface area contributed by atoms with E-state index in [4.69, 9.17) is 5.73 Å². The lowest BCUT2D eigenvalue weighted by Gasteiger charge is -2.07. The Labute approximate surface area is 123 Å². The van der Waals surface area contributed by atoms with E-state index in [-0.39, 0.29) is 11.6 Å². The van der Waals surface area contributed by atoms with Crippen molar-refractivity contribution in [3.05, 3.63) is 77.0 Å². The zero-order valence-corrected chi connectivity index (χ0v) is 11.7. The Morgan fingerprint density at radius 1 is 1.00 bits per heavy atom. The minimum atomic E-state index is -0.681. The molecule has 0 heterocycles. The summed E-state index contributed by atoms with van der Waals surface area (Å²) in [5.74, 6) is -1.05. The van der Waals surface area contributed by atoms with E-state index in [9.17, 15) is 9.59 Å². The fraction of sp³-hybridized carbons (Fsp3) is 0.0588. The van der Waals surface area contributed by atoms with Gasteiger partial charge in [-0.25, -0.2) is 0 Å². The van der Waals surface area contributed by atoms with Gasteiger partial charge in [-0.1, -0.05) is 48.0 Å². The first kappa shape index (κ1) is 14.5. The van der Waals surface area contributed by atoms with Gasteiger partial charge in [-0.3, -0.25) is 9.59 Å². The van der Waals surface area contributed by atoms with Crippen molar-refractivity contribution < 1.29 is 9.59 Å². The van der Waals surface area contributed by atoms with Gasteiger partial charge < -0.3 is 11.1 Å². The zero-order valence-electron chi connectivity index (χ0n) is 11.7. The van der Waals surface area contributed by atoms with Crippen LogP contribution in [-0.2, 0) is 4.79 Å². The molecule has 106 valence electrons. The van der Waals surface area contributed by atoms with Crippen LogP contribution in [0.2, 0.25) is 0 Å². The lowest BCUT2D eigenvalue weighted by Crippen LogP contribution is -2.31. The second-order valence-electron chi connectivity index (χ2n) is 4.65. The number of hydrogen-bond acceptors (Lipinski definition) is 2. The van der Waals surface area contributed by atoms with Gasteiger partial charge in [-0.2, -0.15) is 0 Å². The molecule has 2 aromatic carbocycles. The third kappa shape index (κ3) is 4.04. The average Bonchev–Trinajstić information content (AvgIpc) is 2.48. The first-order valence-corrected chi connectivity index (χ1v) is 6.51. The van der Waals surface area contributed by atoms with Crippen molar-refractivity contribution in [2.24, 2.45) is 5.73 Å². The van der Waals surface area contributed by atoms with Gasteiger partial charge in [0.05, 0.1) is 0 Å². The number of carbonyl (C=O) groups excluding carboxylic acids is 2. The summed E-state index contributed by atoms with van der Waals surface area (Å²) in [5.41, 5.74) is 7.69. The summed E-state index contributed by atoms with van der Waals surface area (Å²) in [6.07, 6.45) is 1.55. The number of aryl methyl sites for hydroxylation is 1. The number of primary amides is 1. The van der Waals surface area contributed by atoms with Crippen LogP contribution in [0.4, 0.5) is 0 Å². The van der Waals surface area contributed by atoms with Gasteiger partial charge in [-0.05, 0) is 30.7 Å². The molecule has 4 heteroatoms. The Balaban J connectivity index is 2.21. The van der Waals surface area contributed by atoms with Gasteiger partial charge in [0.25, 0.3) is 11.8 Å². The highest BCUT2D eigenvalue weighted by molar-refractivity contribution is 6.04. The predicted octanol–water partition coefficient (Wildman–Crippen LogP) is 2.25. The quantitative estimate of drug-likeness (QED) is 0.843. The van der Waals surface area contributed by atoms with E-state index in [2.05, 4.69) is 5.32 Å². The maximum absolute atomic E-state index is 12.1. The molecule has 21 heavy (non-hydrogen) atoms. The normalized spacial score (nSPS) is 11.0. The maximum Gasteiger partial charge on any atom is 0.265 e. The molecule has 0 radical (unpaired) electrons. The molecule has 2 aromatic rings. The lowest BCUT2D eigenvalue weighted by atomic mass is 10.1. The molecule has 0 aliphatic heterocycles. The Morgan fingerprint density at radius 2 is 1.62 bits per heavy atom. The summed E-state index contributed by atoms with van der Waals surface area (Å²) < 4.78 is 0. The fourth-order valence-corrected chi connectivity index (χ4v) is 1.78. The van der Waals surface area contributed by atoms with Crippen LogP contribution in [0.3, 0.4) is 0 Å². The van der Waals surface area contributed by atoms with Gasteiger partial charge in [0.2, 0.25) is 0 Å². The second kappa shape index (κ2) is 6.52. The zero-order chi connectivity index (χ0) is 15.2. The van der Waals surface area contributed by atoms with Crippen molar-refractivity contribution in [3.8, 4) is 0 Å². The van der Waals surface area contributed by atoms with E-state index in [1.165, 1.54) is 0 Å². The minimum Gasteiger partial charge on any atom is -0.364 e. The van der Waals surface area contributed by atoms with Crippen LogP contribution in [-0.4, -0.2) is 11.8 Å². The second-order valence-corrected chi connectivity index (χ2v) is 4.65. The van der Waals surface area contributed by atoms with E-state index >= 15 is 0 Å². The first-order valence-electron chi connectivity index (χ1n) is 6.51. The third-order valence-electron chi connectivity index (χ3n) is 2.94. The highest BCUT2D eigenvalue weighted by Crippen LogP contribution is 2.07. The van der Waals surface area contributed by atoms with Crippen LogP contribution in [0.1, 0.15) is 21.5 Å². The molecule has 0 fully saturated rings. The van der Waals surface area contributed by atoms with E-state index < -0.39 is 5.91 Å². The maximum atomic E-state index is 12.1. The predicted molar refractivity (Wildman–Crippen MR) is 82.3 cm³/mol. The summed E-state index contributed by atoms with van der Waals surface area (Å²) in [6, 6.07) is 16.3. The standard InChI is InChI=1S/C17H16N2O2/c1-12-7-9-14(10-8-12)17(21)19-15(16(18)20)11-13-5-3-2-4-6-13/h2-11H,1H3,(H2,18,20)(H,19,21)/b15-11+. The van der Waals surface area contributed by atoms with Crippen LogP contribution in [0.15, 0.2) is 60.3 Å². The number of nitrogens with two attached hydrogens (primary N) is 1. The largest absolute Gasteiger partial charge is 0.364 e. The van der Waals surface area contributed by atoms with Gasteiger partial charge in [0, 0.05) is 5.56 Å². The smallest absolute Gasteiger partial charge is 0.265 e. The molecular weight excluding hydrogens is 264 g/mol. The lowest BCUT2D eigenvalue weighted by molar-refractivity contribution is -0.114. The van der Waals surface area contributed by atoms with Crippen LogP contribution >= 0.6 is 0 Å². The van der Waals surface area contributed by atoms with E-state index in [1.807, 2.05) is 49.4 Å². The molecule has 0 saturated carbocycles. The van der Waals surface area contributed by atoms with Crippen molar-refractivity contribution in [1.29, 1.82) is 0 Å². The highest BCUT2D eigenvalue weighted by atomic mass is 16.2. The summed E-state index contributed by atoms with van der Waals surface area (Å²) >= 11 is 0. The van der Waals surface area contributed by atoms with Gasteiger partial charge in [0.15, 0.2) is 0 Å². The molecule has 0 bridgehead atoms. The van der Waals surface area contributed by atoms with Crippen LogP contribution in [0.25, 0.3) is 6.08 Å². The van der Waals surface area contributed by atoms with Gasteiger partial charge in [0.1, 0.15) is 5.70 Å².